The molecule has 2 nitrogen and oxygen atoms in total. The first kappa shape index (κ1) is 14.6. The van der Waals surface area contributed by atoms with Crippen LogP contribution in [0, 0.1) is 0 Å². The minimum atomic E-state index is -0.00114. The van der Waals surface area contributed by atoms with Gasteiger partial charge in [0.2, 0.25) is 0 Å². The third kappa shape index (κ3) is 3.19. The summed E-state index contributed by atoms with van der Waals surface area (Å²) in [6.45, 7) is 2.00. The van der Waals surface area contributed by atoms with Crippen molar-refractivity contribution in [3.63, 3.8) is 0 Å². The molecule has 0 spiro atoms. The third-order valence-electron chi connectivity index (χ3n) is 3.07. The van der Waals surface area contributed by atoms with Crippen LogP contribution in [0.4, 0.5) is 0 Å². The lowest BCUT2D eigenvalue weighted by molar-refractivity contribution is 0.0746. The molecule has 1 atom stereocenters. The SMILES string of the molecule is CC(c1ccc(Cl)cc1)N(C)C(=O)c1sccc1Br. The molecule has 0 aliphatic rings. The number of nitrogens with zero attached hydrogens (tertiary/aromatic N) is 1. The van der Waals surface area contributed by atoms with Crippen molar-refractivity contribution >= 4 is 44.8 Å². The van der Waals surface area contributed by atoms with Gasteiger partial charge in [0.25, 0.3) is 5.91 Å². The summed E-state index contributed by atoms with van der Waals surface area (Å²) in [5.41, 5.74) is 1.06. The van der Waals surface area contributed by atoms with Gasteiger partial charge in [0.1, 0.15) is 4.88 Å². The standard InChI is InChI=1S/C14H13BrClNOS/c1-9(10-3-5-11(16)6-4-10)17(2)14(18)13-12(15)7-8-19-13/h3-9H,1-2H3. The molecule has 0 radical (unpaired) electrons. The molecule has 0 saturated carbocycles. The van der Waals surface area contributed by atoms with Crippen molar-refractivity contribution in [1.82, 2.24) is 4.90 Å². The number of hydrogen-bond donors (Lipinski definition) is 0. The Morgan fingerprint density at radius 1 is 1.32 bits per heavy atom. The van der Waals surface area contributed by atoms with E-state index < -0.39 is 0 Å². The van der Waals surface area contributed by atoms with E-state index in [0.29, 0.717) is 5.02 Å². The zero-order valence-corrected chi connectivity index (χ0v) is 13.7. The Hall–Kier alpha value is -0.840. The fourth-order valence-corrected chi connectivity index (χ4v) is 3.40. The van der Waals surface area contributed by atoms with Crippen LogP contribution >= 0.6 is 38.9 Å². The van der Waals surface area contributed by atoms with Crippen LogP contribution in [0.25, 0.3) is 0 Å². The number of benzene rings is 1. The summed E-state index contributed by atoms with van der Waals surface area (Å²) < 4.78 is 0.845. The first-order valence-corrected chi connectivity index (χ1v) is 7.81. The van der Waals surface area contributed by atoms with Crippen LogP contribution in [0.3, 0.4) is 0 Å². The van der Waals surface area contributed by atoms with Crippen LogP contribution < -0.4 is 0 Å². The molecule has 0 aliphatic heterocycles. The van der Waals surface area contributed by atoms with Crippen molar-refractivity contribution in [1.29, 1.82) is 0 Å². The molecule has 0 aliphatic carbocycles. The summed E-state index contributed by atoms with van der Waals surface area (Å²) in [7, 11) is 1.81. The maximum atomic E-state index is 12.4. The summed E-state index contributed by atoms with van der Waals surface area (Å²) in [6, 6.07) is 9.46. The maximum absolute atomic E-state index is 12.4. The zero-order valence-electron chi connectivity index (χ0n) is 10.6. The van der Waals surface area contributed by atoms with E-state index >= 15 is 0 Å². The molecule has 1 heterocycles. The van der Waals surface area contributed by atoms with Crippen LogP contribution in [-0.2, 0) is 0 Å². The number of amides is 1. The Morgan fingerprint density at radius 3 is 2.47 bits per heavy atom. The van der Waals surface area contributed by atoms with E-state index in [1.807, 2.05) is 49.7 Å². The topological polar surface area (TPSA) is 20.3 Å². The molecule has 2 rings (SSSR count). The van der Waals surface area contributed by atoms with Crippen LogP contribution in [0.15, 0.2) is 40.2 Å². The van der Waals surface area contributed by atoms with Gasteiger partial charge in [-0.15, -0.1) is 11.3 Å². The number of hydrogen-bond acceptors (Lipinski definition) is 2. The van der Waals surface area contributed by atoms with Crippen LogP contribution in [0.1, 0.15) is 28.2 Å². The molecule has 100 valence electrons. The second-order valence-corrected chi connectivity index (χ2v) is 6.45. The first-order valence-electron chi connectivity index (χ1n) is 5.76. The molecule has 2 aromatic rings. The highest BCUT2D eigenvalue weighted by Gasteiger charge is 2.21. The minimum absolute atomic E-state index is 0.00114. The Bertz CT molecular complexity index is 581. The average molecular weight is 359 g/mol. The van der Waals surface area contributed by atoms with E-state index in [2.05, 4.69) is 15.9 Å². The molecule has 0 fully saturated rings. The quantitative estimate of drug-likeness (QED) is 0.756. The van der Waals surface area contributed by atoms with Crippen molar-refractivity contribution in [2.24, 2.45) is 0 Å². The highest BCUT2D eigenvalue weighted by atomic mass is 79.9. The van der Waals surface area contributed by atoms with Gasteiger partial charge >= 0.3 is 0 Å². The summed E-state index contributed by atoms with van der Waals surface area (Å²) in [6.07, 6.45) is 0. The van der Waals surface area contributed by atoms with E-state index in [0.717, 1.165) is 14.9 Å². The van der Waals surface area contributed by atoms with Crippen molar-refractivity contribution in [3.8, 4) is 0 Å². The van der Waals surface area contributed by atoms with Crippen LogP contribution in [0.5, 0.6) is 0 Å². The van der Waals surface area contributed by atoms with E-state index in [4.69, 9.17) is 11.6 Å². The summed E-state index contributed by atoms with van der Waals surface area (Å²) >= 11 is 10.7. The second-order valence-electron chi connectivity index (χ2n) is 4.24. The van der Waals surface area contributed by atoms with Gasteiger partial charge in [0.15, 0.2) is 0 Å². The van der Waals surface area contributed by atoms with Gasteiger partial charge in [-0.1, -0.05) is 23.7 Å². The van der Waals surface area contributed by atoms with E-state index in [1.54, 1.807) is 4.90 Å². The molecule has 1 amide bonds. The van der Waals surface area contributed by atoms with E-state index in [-0.39, 0.29) is 11.9 Å². The van der Waals surface area contributed by atoms with Crippen LogP contribution in [0.2, 0.25) is 5.02 Å². The number of thiophene rings is 1. The normalized spacial score (nSPS) is 12.2. The lowest BCUT2D eigenvalue weighted by atomic mass is 10.1. The summed E-state index contributed by atoms with van der Waals surface area (Å²) in [4.78, 5) is 14.8. The Kier molecular flexibility index (Phi) is 4.66. The van der Waals surface area contributed by atoms with E-state index in [1.165, 1.54) is 11.3 Å². The predicted molar refractivity (Wildman–Crippen MR) is 84.0 cm³/mol. The molecule has 19 heavy (non-hydrogen) atoms. The highest BCUT2D eigenvalue weighted by molar-refractivity contribution is 9.10. The van der Waals surface area contributed by atoms with Gasteiger partial charge in [-0.25, -0.2) is 0 Å². The Balaban J connectivity index is 2.19. The van der Waals surface area contributed by atoms with Gasteiger partial charge in [0.05, 0.1) is 6.04 Å². The molecule has 1 unspecified atom stereocenters. The number of carbonyl (C=O) groups excluding carboxylic acids is 1. The van der Waals surface area contributed by atoms with Gasteiger partial charge in [-0.2, -0.15) is 0 Å². The second kappa shape index (κ2) is 6.07. The van der Waals surface area contributed by atoms with Gasteiger partial charge in [-0.3, -0.25) is 4.79 Å². The van der Waals surface area contributed by atoms with Gasteiger partial charge in [0, 0.05) is 16.5 Å². The molecule has 5 heteroatoms. The lowest BCUT2D eigenvalue weighted by Crippen LogP contribution is -2.29. The van der Waals surface area contributed by atoms with Gasteiger partial charge in [-0.05, 0) is 52.0 Å². The van der Waals surface area contributed by atoms with Crippen molar-refractivity contribution in [2.75, 3.05) is 7.05 Å². The monoisotopic (exact) mass is 357 g/mol. The molecule has 1 aromatic heterocycles. The fraction of sp³-hybridized carbons (Fsp3) is 0.214. The van der Waals surface area contributed by atoms with Crippen molar-refractivity contribution in [2.45, 2.75) is 13.0 Å². The largest absolute Gasteiger partial charge is 0.334 e. The number of rotatable bonds is 3. The molecule has 0 bridgehead atoms. The summed E-state index contributed by atoms with van der Waals surface area (Å²) in [5.74, 6) is 0.0179. The minimum Gasteiger partial charge on any atom is -0.334 e. The molecular weight excluding hydrogens is 346 g/mol. The first-order chi connectivity index (χ1) is 9.00. The van der Waals surface area contributed by atoms with Crippen molar-refractivity contribution in [3.05, 3.63) is 55.6 Å². The third-order valence-corrected chi connectivity index (χ3v) is 5.14. The van der Waals surface area contributed by atoms with Gasteiger partial charge < -0.3 is 4.90 Å². The molecule has 0 saturated heterocycles. The zero-order chi connectivity index (χ0) is 14.0. The summed E-state index contributed by atoms with van der Waals surface area (Å²) in [5, 5.41) is 2.60. The lowest BCUT2D eigenvalue weighted by Gasteiger charge is -2.25. The Morgan fingerprint density at radius 2 is 1.95 bits per heavy atom. The number of carbonyl (C=O) groups is 1. The maximum Gasteiger partial charge on any atom is 0.265 e. The number of halogens is 2. The molecule has 0 N–H and O–H groups in total. The highest BCUT2D eigenvalue weighted by Crippen LogP contribution is 2.28. The Labute approximate surface area is 130 Å². The molecule has 1 aromatic carbocycles. The fourth-order valence-electron chi connectivity index (χ4n) is 1.75. The average Bonchev–Trinajstić information content (AvgIpc) is 2.83. The van der Waals surface area contributed by atoms with Crippen LogP contribution in [-0.4, -0.2) is 17.9 Å². The van der Waals surface area contributed by atoms with E-state index in [9.17, 15) is 4.79 Å². The smallest absolute Gasteiger partial charge is 0.265 e. The molecular formula is C14H13BrClNOS. The predicted octanol–water partition coefficient (Wildman–Crippen LogP) is 5.00. The van der Waals surface area contributed by atoms with Crippen molar-refractivity contribution < 1.29 is 4.79 Å².